The molecule has 1 unspecified atom stereocenters. The molecule has 0 aliphatic carbocycles. The van der Waals surface area contributed by atoms with Crippen molar-refractivity contribution in [1.82, 2.24) is 0 Å². The van der Waals surface area contributed by atoms with Crippen molar-refractivity contribution in [3.8, 4) is 0 Å². The zero-order valence-corrected chi connectivity index (χ0v) is 8.44. The van der Waals surface area contributed by atoms with Crippen LogP contribution in [0.2, 0.25) is 0 Å². The zero-order valence-electron chi connectivity index (χ0n) is 8.44. The van der Waals surface area contributed by atoms with Gasteiger partial charge in [-0.05, 0) is 6.42 Å². The van der Waals surface area contributed by atoms with Crippen molar-refractivity contribution in [2.45, 2.75) is 32.3 Å². The molecule has 0 aliphatic heterocycles. The van der Waals surface area contributed by atoms with Gasteiger partial charge in [0.25, 0.3) is 0 Å². The molecule has 0 aliphatic rings. The fourth-order valence-corrected chi connectivity index (χ4v) is 1.39. The summed E-state index contributed by atoms with van der Waals surface area (Å²) < 4.78 is 0. The quantitative estimate of drug-likeness (QED) is 0.727. The van der Waals surface area contributed by atoms with Gasteiger partial charge >= 0.3 is 0 Å². The van der Waals surface area contributed by atoms with E-state index in [1.54, 1.807) is 12.1 Å². The van der Waals surface area contributed by atoms with Gasteiger partial charge in [-0.2, -0.15) is 0 Å². The number of rotatable bonds is 5. The van der Waals surface area contributed by atoms with Crippen molar-refractivity contribution >= 4 is 5.78 Å². The van der Waals surface area contributed by atoms with Crippen LogP contribution in [0.1, 0.15) is 36.5 Å². The summed E-state index contributed by atoms with van der Waals surface area (Å²) in [6, 6.07) is 9.10. The molecule has 0 radical (unpaired) electrons. The van der Waals surface area contributed by atoms with E-state index in [1.165, 1.54) is 0 Å². The van der Waals surface area contributed by atoms with E-state index in [1.807, 2.05) is 25.1 Å². The first kappa shape index (κ1) is 10.9. The van der Waals surface area contributed by atoms with Crippen molar-refractivity contribution in [2.75, 3.05) is 0 Å². The summed E-state index contributed by atoms with van der Waals surface area (Å²) in [6.07, 6.45) is 1.34. The second-order valence-electron chi connectivity index (χ2n) is 3.44. The molecule has 0 heterocycles. The monoisotopic (exact) mass is 192 g/mol. The van der Waals surface area contributed by atoms with Crippen LogP contribution in [-0.2, 0) is 0 Å². The highest BCUT2D eigenvalue weighted by Gasteiger charge is 2.11. The van der Waals surface area contributed by atoms with Gasteiger partial charge in [0.2, 0.25) is 0 Å². The van der Waals surface area contributed by atoms with Crippen LogP contribution in [0.25, 0.3) is 0 Å². The summed E-state index contributed by atoms with van der Waals surface area (Å²) in [5.41, 5.74) is 0.683. The molecular weight excluding hydrogens is 176 g/mol. The number of hydrogen-bond donors (Lipinski definition) is 1. The lowest BCUT2D eigenvalue weighted by atomic mass is 10.0. The number of carbonyl (C=O) groups excluding carboxylic acids is 1. The van der Waals surface area contributed by atoms with Crippen LogP contribution >= 0.6 is 0 Å². The standard InChI is InChI=1S/C12H16O2/c1-2-6-11(13)9-12(14)10-7-4-3-5-8-10/h3-5,7-8,11,13H,2,6,9H2,1H3. The Morgan fingerprint density at radius 2 is 2.00 bits per heavy atom. The second-order valence-corrected chi connectivity index (χ2v) is 3.44. The lowest BCUT2D eigenvalue weighted by Crippen LogP contribution is -2.13. The van der Waals surface area contributed by atoms with Gasteiger partial charge in [-0.25, -0.2) is 0 Å². The van der Waals surface area contributed by atoms with Crippen molar-refractivity contribution < 1.29 is 9.90 Å². The number of benzene rings is 1. The Morgan fingerprint density at radius 1 is 1.36 bits per heavy atom. The highest BCUT2D eigenvalue weighted by Crippen LogP contribution is 2.08. The molecule has 1 atom stereocenters. The third-order valence-corrected chi connectivity index (χ3v) is 2.14. The fourth-order valence-electron chi connectivity index (χ4n) is 1.39. The largest absolute Gasteiger partial charge is 0.393 e. The number of Topliss-reactive ketones (excluding diaryl/α,β-unsaturated/α-hetero) is 1. The van der Waals surface area contributed by atoms with E-state index in [4.69, 9.17) is 0 Å². The predicted octanol–water partition coefficient (Wildman–Crippen LogP) is 2.42. The van der Waals surface area contributed by atoms with Gasteiger partial charge in [0.1, 0.15) is 0 Å². The van der Waals surface area contributed by atoms with Crippen LogP contribution in [0.3, 0.4) is 0 Å². The summed E-state index contributed by atoms with van der Waals surface area (Å²) in [5, 5.41) is 9.46. The topological polar surface area (TPSA) is 37.3 Å². The van der Waals surface area contributed by atoms with E-state index >= 15 is 0 Å². The average molecular weight is 192 g/mol. The molecule has 0 spiro atoms. The van der Waals surface area contributed by atoms with E-state index in [0.717, 1.165) is 6.42 Å². The van der Waals surface area contributed by atoms with E-state index in [2.05, 4.69) is 0 Å². The van der Waals surface area contributed by atoms with Crippen molar-refractivity contribution in [3.63, 3.8) is 0 Å². The zero-order chi connectivity index (χ0) is 10.4. The van der Waals surface area contributed by atoms with Gasteiger partial charge in [0.05, 0.1) is 6.10 Å². The van der Waals surface area contributed by atoms with Gasteiger partial charge < -0.3 is 5.11 Å². The normalized spacial score (nSPS) is 12.4. The molecule has 1 rings (SSSR count). The number of carbonyl (C=O) groups is 1. The number of hydrogen-bond acceptors (Lipinski definition) is 2. The molecular formula is C12H16O2. The van der Waals surface area contributed by atoms with Crippen LogP contribution in [0.4, 0.5) is 0 Å². The third-order valence-electron chi connectivity index (χ3n) is 2.14. The van der Waals surface area contributed by atoms with E-state index in [0.29, 0.717) is 12.0 Å². The maximum absolute atomic E-state index is 11.6. The number of aliphatic hydroxyl groups is 1. The molecule has 1 N–H and O–H groups in total. The molecule has 2 heteroatoms. The average Bonchev–Trinajstić information content (AvgIpc) is 2.19. The van der Waals surface area contributed by atoms with Gasteiger partial charge in [-0.15, -0.1) is 0 Å². The molecule has 76 valence electrons. The molecule has 0 aromatic heterocycles. The van der Waals surface area contributed by atoms with E-state index in [-0.39, 0.29) is 12.2 Å². The first-order valence-corrected chi connectivity index (χ1v) is 5.00. The molecule has 14 heavy (non-hydrogen) atoms. The summed E-state index contributed by atoms with van der Waals surface area (Å²) in [5.74, 6) is 0.0200. The van der Waals surface area contributed by atoms with Crippen LogP contribution in [-0.4, -0.2) is 17.0 Å². The molecule has 2 nitrogen and oxygen atoms in total. The van der Waals surface area contributed by atoms with Crippen LogP contribution in [0.15, 0.2) is 30.3 Å². The van der Waals surface area contributed by atoms with Gasteiger partial charge in [-0.1, -0.05) is 43.7 Å². The second kappa shape index (κ2) is 5.55. The molecule has 1 aromatic carbocycles. The third kappa shape index (κ3) is 3.30. The highest BCUT2D eigenvalue weighted by molar-refractivity contribution is 5.96. The van der Waals surface area contributed by atoms with Gasteiger partial charge in [0, 0.05) is 12.0 Å². The lowest BCUT2D eigenvalue weighted by Gasteiger charge is -2.07. The molecule has 0 amide bonds. The summed E-state index contributed by atoms with van der Waals surface area (Å²) in [6.45, 7) is 2.00. The molecule has 0 saturated heterocycles. The van der Waals surface area contributed by atoms with Crippen LogP contribution < -0.4 is 0 Å². The Morgan fingerprint density at radius 3 is 2.57 bits per heavy atom. The summed E-state index contributed by atoms with van der Waals surface area (Å²) in [7, 11) is 0. The molecule has 0 bridgehead atoms. The predicted molar refractivity (Wildman–Crippen MR) is 56.3 cm³/mol. The molecule has 0 fully saturated rings. The smallest absolute Gasteiger partial charge is 0.165 e. The Bertz CT molecular complexity index is 280. The van der Waals surface area contributed by atoms with Crippen molar-refractivity contribution in [2.24, 2.45) is 0 Å². The number of ketones is 1. The lowest BCUT2D eigenvalue weighted by molar-refractivity contribution is 0.0867. The Kier molecular flexibility index (Phi) is 4.33. The maximum Gasteiger partial charge on any atom is 0.165 e. The first-order chi connectivity index (χ1) is 6.74. The SMILES string of the molecule is CCCC(O)CC(=O)c1ccccc1. The van der Waals surface area contributed by atoms with E-state index < -0.39 is 6.10 Å². The minimum absolute atomic E-state index is 0.0200. The highest BCUT2D eigenvalue weighted by atomic mass is 16.3. The summed E-state index contributed by atoms with van der Waals surface area (Å²) >= 11 is 0. The van der Waals surface area contributed by atoms with Gasteiger partial charge in [0.15, 0.2) is 5.78 Å². The summed E-state index contributed by atoms with van der Waals surface area (Å²) in [4.78, 5) is 11.6. The first-order valence-electron chi connectivity index (χ1n) is 5.00. The van der Waals surface area contributed by atoms with Crippen LogP contribution in [0.5, 0.6) is 0 Å². The molecule has 1 aromatic rings. The fraction of sp³-hybridized carbons (Fsp3) is 0.417. The molecule has 0 saturated carbocycles. The Balaban J connectivity index is 2.51. The van der Waals surface area contributed by atoms with Crippen molar-refractivity contribution in [1.29, 1.82) is 0 Å². The minimum Gasteiger partial charge on any atom is -0.393 e. The Hall–Kier alpha value is -1.15. The number of aliphatic hydroxyl groups excluding tert-OH is 1. The maximum atomic E-state index is 11.6. The van der Waals surface area contributed by atoms with Crippen LogP contribution in [0, 0.1) is 0 Å². The minimum atomic E-state index is -0.493. The van der Waals surface area contributed by atoms with E-state index in [9.17, 15) is 9.90 Å². The Labute approximate surface area is 84.6 Å². The van der Waals surface area contributed by atoms with Crippen molar-refractivity contribution in [3.05, 3.63) is 35.9 Å². The van der Waals surface area contributed by atoms with Gasteiger partial charge in [-0.3, -0.25) is 4.79 Å².